The Morgan fingerprint density at radius 1 is 1.06 bits per heavy atom. The summed E-state index contributed by atoms with van der Waals surface area (Å²) in [4.78, 5) is 30.2. The lowest BCUT2D eigenvalue weighted by molar-refractivity contribution is -0.134. The molecule has 35 heavy (non-hydrogen) atoms. The molecule has 8 heteroatoms. The quantitative estimate of drug-likeness (QED) is 0.535. The highest BCUT2D eigenvalue weighted by Crippen LogP contribution is 2.37. The van der Waals surface area contributed by atoms with E-state index in [0.29, 0.717) is 31.9 Å². The van der Waals surface area contributed by atoms with Crippen LogP contribution in [0.1, 0.15) is 22.9 Å². The van der Waals surface area contributed by atoms with Gasteiger partial charge in [-0.05, 0) is 42.8 Å². The Morgan fingerprint density at radius 2 is 1.89 bits per heavy atom. The molecule has 1 atom stereocenters. The van der Waals surface area contributed by atoms with Crippen LogP contribution in [-0.4, -0.2) is 66.8 Å². The summed E-state index contributed by atoms with van der Waals surface area (Å²) >= 11 is 0. The van der Waals surface area contributed by atoms with Crippen LogP contribution in [0.2, 0.25) is 0 Å². The standard InChI is InChI=1S/C27H32N4O4/c1-20-8-6-9-21(18-20)28-27(33)30(16-17-34-2)19-25(32)31-15-14-29-13-7-11-23(29)26(31)22-10-4-5-12-24(22)35-3/h4-13,18,26H,14-17,19H2,1-3H3,(H,28,33). The fourth-order valence-corrected chi connectivity index (χ4v) is 4.50. The SMILES string of the molecule is COCCN(CC(=O)N1CCn2cccc2C1c1ccccc1OC)C(=O)Nc1cccc(C)c1. The number of nitrogens with one attached hydrogen (secondary N) is 1. The molecule has 184 valence electrons. The number of nitrogens with zero attached hydrogens (tertiary/aromatic N) is 3. The molecule has 0 spiro atoms. The zero-order valence-corrected chi connectivity index (χ0v) is 20.4. The largest absolute Gasteiger partial charge is 0.496 e. The molecule has 1 N–H and O–H groups in total. The molecular formula is C27H32N4O4. The molecule has 2 heterocycles. The van der Waals surface area contributed by atoms with Crippen molar-refractivity contribution in [3.8, 4) is 5.75 Å². The van der Waals surface area contributed by atoms with E-state index in [2.05, 4.69) is 9.88 Å². The number of hydrogen-bond donors (Lipinski definition) is 1. The van der Waals surface area contributed by atoms with E-state index in [9.17, 15) is 9.59 Å². The molecule has 1 aromatic heterocycles. The molecule has 3 amide bonds. The molecule has 0 aliphatic carbocycles. The van der Waals surface area contributed by atoms with Gasteiger partial charge in [0.15, 0.2) is 0 Å². The van der Waals surface area contributed by atoms with E-state index < -0.39 is 0 Å². The van der Waals surface area contributed by atoms with Crippen molar-refractivity contribution in [1.29, 1.82) is 0 Å². The van der Waals surface area contributed by atoms with Crippen LogP contribution in [0.4, 0.5) is 10.5 Å². The van der Waals surface area contributed by atoms with Gasteiger partial charge in [-0.25, -0.2) is 4.79 Å². The highest BCUT2D eigenvalue weighted by Gasteiger charge is 2.35. The number of ether oxygens (including phenoxy) is 2. The number of hydrogen-bond acceptors (Lipinski definition) is 4. The first-order valence-electron chi connectivity index (χ1n) is 11.7. The fourth-order valence-electron chi connectivity index (χ4n) is 4.50. The molecule has 1 unspecified atom stereocenters. The van der Waals surface area contributed by atoms with Crippen LogP contribution in [0.15, 0.2) is 66.9 Å². The molecule has 0 fully saturated rings. The Morgan fingerprint density at radius 3 is 2.66 bits per heavy atom. The number of anilines is 1. The van der Waals surface area contributed by atoms with Crippen molar-refractivity contribution in [1.82, 2.24) is 14.4 Å². The molecule has 0 saturated carbocycles. The molecule has 0 saturated heterocycles. The first-order chi connectivity index (χ1) is 17.0. The van der Waals surface area contributed by atoms with Crippen molar-refractivity contribution in [2.45, 2.75) is 19.5 Å². The van der Waals surface area contributed by atoms with E-state index in [-0.39, 0.29) is 24.5 Å². The summed E-state index contributed by atoms with van der Waals surface area (Å²) in [5.41, 5.74) is 3.66. The van der Waals surface area contributed by atoms with E-state index >= 15 is 0 Å². The number of aryl methyl sites for hydroxylation is 1. The van der Waals surface area contributed by atoms with Crippen LogP contribution < -0.4 is 10.1 Å². The Bertz CT molecular complexity index is 1180. The number of fused-ring (bicyclic) bond motifs is 1. The summed E-state index contributed by atoms with van der Waals surface area (Å²) in [6.45, 7) is 3.74. The zero-order valence-electron chi connectivity index (χ0n) is 20.4. The Kier molecular flexibility index (Phi) is 7.72. The third-order valence-corrected chi connectivity index (χ3v) is 6.24. The summed E-state index contributed by atoms with van der Waals surface area (Å²) in [5.74, 6) is 0.585. The van der Waals surface area contributed by atoms with E-state index in [0.717, 1.165) is 22.6 Å². The minimum atomic E-state index is -0.338. The minimum Gasteiger partial charge on any atom is -0.496 e. The fraction of sp³-hybridized carbons (Fsp3) is 0.333. The second kappa shape index (κ2) is 11.1. The van der Waals surface area contributed by atoms with Crippen molar-refractivity contribution in [2.24, 2.45) is 0 Å². The van der Waals surface area contributed by atoms with E-state index in [4.69, 9.17) is 9.47 Å². The van der Waals surface area contributed by atoms with Crippen molar-refractivity contribution in [3.63, 3.8) is 0 Å². The topological polar surface area (TPSA) is 76.0 Å². The summed E-state index contributed by atoms with van der Waals surface area (Å²) in [5, 5.41) is 2.91. The van der Waals surface area contributed by atoms with Gasteiger partial charge in [-0.1, -0.05) is 30.3 Å². The normalized spacial score (nSPS) is 14.8. The summed E-state index contributed by atoms with van der Waals surface area (Å²) in [7, 11) is 3.21. The second-order valence-corrected chi connectivity index (χ2v) is 8.57. The number of benzene rings is 2. The van der Waals surface area contributed by atoms with Gasteiger partial charge in [0.25, 0.3) is 0 Å². The molecule has 3 aromatic rings. The molecule has 1 aliphatic rings. The third kappa shape index (κ3) is 5.49. The van der Waals surface area contributed by atoms with Crippen LogP contribution >= 0.6 is 0 Å². The van der Waals surface area contributed by atoms with Gasteiger partial charge in [0.05, 0.1) is 13.7 Å². The highest BCUT2D eigenvalue weighted by molar-refractivity contribution is 5.92. The molecule has 4 rings (SSSR count). The number of urea groups is 1. The molecule has 1 aliphatic heterocycles. The van der Waals surface area contributed by atoms with Gasteiger partial charge in [0.2, 0.25) is 5.91 Å². The number of amides is 3. The van der Waals surface area contributed by atoms with E-state index in [1.807, 2.05) is 78.7 Å². The Hall–Kier alpha value is -3.78. The van der Waals surface area contributed by atoms with Gasteiger partial charge in [0, 0.05) is 49.9 Å². The van der Waals surface area contributed by atoms with E-state index in [1.165, 1.54) is 4.90 Å². The smallest absolute Gasteiger partial charge is 0.322 e. The summed E-state index contributed by atoms with van der Waals surface area (Å²) < 4.78 is 13.0. The average molecular weight is 477 g/mol. The number of methoxy groups -OCH3 is 2. The number of rotatable bonds is 8. The lowest BCUT2D eigenvalue weighted by Gasteiger charge is -2.38. The lowest BCUT2D eigenvalue weighted by Crippen LogP contribution is -2.49. The van der Waals surface area contributed by atoms with Crippen molar-refractivity contribution in [2.75, 3.05) is 45.8 Å². The third-order valence-electron chi connectivity index (χ3n) is 6.24. The van der Waals surface area contributed by atoms with Crippen LogP contribution in [0.5, 0.6) is 5.75 Å². The zero-order chi connectivity index (χ0) is 24.8. The molecule has 8 nitrogen and oxygen atoms in total. The lowest BCUT2D eigenvalue weighted by atomic mass is 9.98. The van der Waals surface area contributed by atoms with Gasteiger partial charge in [-0.15, -0.1) is 0 Å². The van der Waals surface area contributed by atoms with E-state index in [1.54, 1.807) is 14.2 Å². The maximum absolute atomic E-state index is 13.7. The van der Waals surface area contributed by atoms with Crippen molar-refractivity contribution < 1.29 is 19.1 Å². The van der Waals surface area contributed by atoms with Gasteiger partial charge in [-0.2, -0.15) is 0 Å². The number of carbonyl (C=O) groups is 2. The van der Waals surface area contributed by atoms with Gasteiger partial charge in [-0.3, -0.25) is 4.79 Å². The second-order valence-electron chi connectivity index (χ2n) is 8.57. The number of carbonyl (C=O) groups excluding carboxylic acids is 2. The van der Waals surface area contributed by atoms with Crippen LogP contribution in [0.3, 0.4) is 0 Å². The Labute approximate surface area is 206 Å². The molecule has 0 radical (unpaired) electrons. The monoisotopic (exact) mass is 476 g/mol. The number of para-hydroxylation sites is 1. The molecule has 0 bridgehead atoms. The first-order valence-corrected chi connectivity index (χ1v) is 11.7. The minimum absolute atomic E-state index is 0.0621. The van der Waals surface area contributed by atoms with Gasteiger partial charge < -0.3 is 29.2 Å². The van der Waals surface area contributed by atoms with Crippen molar-refractivity contribution in [3.05, 3.63) is 83.7 Å². The van der Waals surface area contributed by atoms with Crippen LogP contribution in [0.25, 0.3) is 0 Å². The molecular weight excluding hydrogens is 444 g/mol. The van der Waals surface area contributed by atoms with Gasteiger partial charge in [0.1, 0.15) is 18.3 Å². The average Bonchev–Trinajstić information content (AvgIpc) is 3.34. The van der Waals surface area contributed by atoms with Crippen molar-refractivity contribution >= 4 is 17.6 Å². The molecule has 2 aromatic carbocycles. The highest BCUT2D eigenvalue weighted by atomic mass is 16.5. The maximum atomic E-state index is 13.7. The summed E-state index contributed by atoms with van der Waals surface area (Å²) in [6, 6.07) is 18.7. The van der Waals surface area contributed by atoms with Crippen LogP contribution in [-0.2, 0) is 16.1 Å². The first kappa shape index (κ1) is 24.3. The van der Waals surface area contributed by atoms with Crippen LogP contribution in [0, 0.1) is 6.92 Å². The summed E-state index contributed by atoms with van der Waals surface area (Å²) in [6.07, 6.45) is 2.03. The maximum Gasteiger partial charge on any atom is 0.322 e. The Balaban J connectivity index is 1.59. The predicted octanol–water partition coefficient (Wildman–Crippen LogP) is 3.92. The predicted molar refractivity (Wildman–Crippen MR) is 135 cm³/mol. The number of aromatic nitrogens is 1. The van der Waals surface area contributed by atoms with Gasteiger partial charge >= 0.3 is 6.03 Å².